The van der Waals surface area contributed by atoms with Crippen molar-refractivity contribution in [1.82, 2.24) is 0 Å². The number of hydrogen-bond acceptors (Lipinski definition) is 0. The Morgan fingerprint density at radius 1 is 1.06 bits per heavy atom. The molecule has 2 rings (SSSR count). The van der Waals surface area contributed by atoms with Crippen LogP contribution in [0.25, 0.3) is 10.8 Å². The van der Waals surface area contributed by atoms with E-state index < -0.39 is 0 Å². The smallest absolute Gasteiger partial charge is 0.229 e. The predicted octanol–water partition coefficient (Wildman–Crippen LogP) is 1.43. The molecule has 0 radical (unpaired) electrons. The van der Waals surface area contributed by atoms with E-state index in [0.717, 1.165) is 16.3 Å². The molecule has 2 aromatic rings. The molecule has 0 aliphatic heterocycles. The third-order valence-corrected chi connectivity index (χ3v) is 2.16. The Morgan fingerprint density at radius 2 is 1.69 bits per heavy atom. The van der Waals surface area contributed by atoms with Crippen LogP contribution in [0.5, 0.6) is 0 Å². The average molecular weight is 336 g/mol. The van der Waals surface area contributed by atoms with Crippen molar-refractivity contribution in [3.63, 3.8) is 0 Å². The van der Waals surface area contributed by atoms with Crippen molar-refractivity contribution in [3.8, 4) is 0 Å². The fourth-order valence-electron chi connectivity index (χ4n) is 1.63. The quantitative estimate of drug-likeness (QED) is 0.639. The van der Waals surface area contributed by atoms with E-state index in [-0.39, 0.29) is 74.7 Å². The van der Waals surface area contributed by atoms with Gasteiger partial charge in [0.15, 0.2) is 0 Å². The van der Waals surface area contributed by atoms with E-state index in [4.69, 9.17) is 0 Å². The largest absolute Gasteiger partial charge is 1.00 e. The van der Waals surface area contributed by atoms with Crippen LogP contribution in [0.15, 0.2) is 24.3 Å². The Morgan fingerprint density at radius 3 is 2.31 bits per heavy atom. The number of halogens is 1. The van der Waals surface area contributed by atoms with Gasteiger partial charge in [0.05, 0.1) is 0 Å². The van der Waals surface area contributed by atoms with Crippen LogP contribution in [0.1, 0.15) is 25.0 Å². The Hall–Kier alpha value is 0.682. The van der Waals surface area contributed by atoms with Crippen molar-refractivity contribution in [2.45, 2.75) is 27.7 Å². The summed E-state index contributed by atoms with van der Waals surface area (Å²) < 4.78 is 12.9. The van der Waals surface area contributed by atoms with Gasteiger partial charge in [0, 0.05) is 5.82 Å². The summed E-state index contributed by atoms with van der Waals surface area (Å²) >= 11 is 0. The molecule has 2 aromatic carbocycles. The number of hydrogen-bond donors (Lipinski definition) is 0. The number of rotatable bonds is 0. The minimum Gasteiger partial charge on any atom is -0.229 e. The number of fused-ring (bicyclic) bond motifs is 1. The van der Waals surface area contributed by atoms with Crippen molar-refractivity contribution >= 4 is 10.8 Å². The van der Waals surface area contributed by atoms with Crippen LogP contribution in [0, 0.1) is 25.7 Å². The summed E-state index contributed by atoms with van der Waals surface area (Å²) in [6.45, 7) is 8.01. The monoisotopic (exact) mass is 336 g/mol. The van der Waals surface area contributed by atoms with Gasteiger partial charge in [-0.25, -0.2) is 4.39 Å². The fraction of sp³-hybridized carbons (Fsp3) is 0.286. The standard InChI is InChI=1S/C12H10F.C2H6.Cs/c1-8-5-9(2)12-7-11(13)4-3-10(12)6-8;1-2;/h3-6H,1-2H3;1-2H3;/q-1;;+1. The SMILES string of the molecule is CC.Cc1cc(C)c2[c-]c(F)ccc2c1.[Cs+]. The second kappa shape index (κ2) is 7.90. The Kier molecular flexibility index (Phi) is 8.24. The van der Waals surface area contributed by atoms with E-state index in [0.29, 0.717) is 0 Å². The molecule has 0 saturated heterocycles. The first-order valence-electron chi connectivity index (χ1n) is 5.25. The molecule has 0 N–H and O–H groups in total. The van der Waals surface area contributed by atoms with Gasteiger partial charge in [0.2, 0.25) is 0 Å². The molecule has 0 heterocycles. The predicted molar refractivity (Wildman–Crippen MR) is 63.6 cm³/mol. The zero-order valence-corrected chi connectivity index (χ0v) is 17.0. The van der Waals surface area contributed by atoms with Crippen LogP contribution in [0.4, 0.5) is 4.39 Å². The number of benzene rings is 2. The normalized spacial score (nSPS) is 9.06. The molecule has 0 aromatic heterocycles. The van der Waals surface area contributed by atoms with E-state index >= 15 is 0 Å². The van der Waals surface area contributed by atoms with E-state index in [1.165, 1.54) is 11.6 Å². The molecule has 0 unspecified atom stereocenters. The van der Waals surface area contributed by atoms with Crippen molar-refractivity contribution in [2.24, 2.45) is 0 Å². The van der Waals surface area contributed by atoms with Gasteiger partial charge >= 0.3 is 68.9 Å². The van der Waals surface area contributed by atoms with Gasteiger partial charge in [-0.3, -0.25) is 0 Å². The average Bonchev–Trinajstić information content (AvgIpc) is 2.22. The molecule has 2 heteroatoms. The Labute approximate surface area is 156 Å². The van der Waals surface area contributed by atoms with Gasteiger partial charge in [0.1, 0.15) is 0 Å². The third kappa shape index (κ3) is 4.17. The van der Waals surface area contributed by atoms with Crippen LogP contribution in [-0.2, 0) is 0 Å². The third-order valence-electron chi connectivity index (χ3n) is 2.16. The summed E-state index contributed by atoms with van der Waals surface area (Å²) in [6.07, 6.45) is 0. The van der Waals surface area contributed by atoms with Gasteiger partial charge in [-0.1, -0.05) is 38.5 Å². The zero-order valence-electron chi connectivity index (χ0n) is 10.7. The summed E-state index contributed by atoms with van der Waals surface area (Å²) in [7, 11) is 0. The maximum Gasteiger partial charge on any atom is 1.00 e. The van der Waals surface area contributed by atoms with Crippen LogP contribution in [0.2, 0.25) is 0 Å². The van der Waals surface area contributed by atoms with Crippen LogP contribution in [-0.4, -0.2) is 0 Å². The minimum absolute atomic E-state index is 0. The first-order chi connectivity index (χ1) is 7.16. The maximum atomic E-state index is 12.9. The van der Waals surface area contributed by atoms with Gasteiger partial charge in [-0.05, 0) is 6.92 Å². The van der Waals surface area contributed by atoms with E-state index in [2.05, 4.69) is 6.07 Å². The Bertz CT molecular complexity index is 463. The second-order valence-electron chi connectivity index (χ2n) is 3.35. The van der Waals surface area contributed by atoms with E-state index in [9.17, 15) is 4.39 Å². The first kappa shape index (κ1) is 16.7. The molecular weight excluding hydrogens is 320 g/mol. The minimum atomic E-state index is -0.292. The molecule has 80 valence electrons. The van der Waals surface area contributed by atoms with E-state index in [1.54, 1.807) is 6.07 Å². The van der Waals surface area contributed by atoms with Crippen molar-refractivity contribution in [2.75, 3.05) is 0 Å². The molecule has 0 aliphatic carbocycles. The van der Waals surface area contributed by atoms with Gasteiger partial charge in [-0.2, -0.15) is 0 Å². The first-order valence-corrected chi connectivity index (χ1v) is 5.25. The molecular formula is C14H16CsF. The zero-order chi connectivity index (χ0) is 11.4. The molecule has 0 fully saturated rings. The van der Waals surface area contributed by atoms with Crippen LogP contribution in [0.3, 0.4) is 0 Å². The summed E-state index contributed by atoms with van der Waals surface area (Å²) in [5.74, 6) is -0.292. The second-order valence-corrected chi connectivity index (χ2v) is 3.35. The summed E-state index contributed by atoms with van der Waals surface area (Å²) in [5.41, 5.74) is 2.28. The Balaban J connectivity index is 0.000000711. The van der Waals surface area contributed by atoms with Crippen molar-refractivity contribution in [3.05, 3.63) is 47.3 Å². The van der Waals surface area contributed by atoms with E-state index in [1.807, 2.05) is 39.8 Å². The summed E-state index contributed by atoms with van der Waals surface area (Å²) in [5, 5.41) is 1.93. The molecule has 0 spiro atoms. The maximum absolute atomic E-state index is 12.9. The molecule has 0 amide bonds. The molecule has 0 atom stereocenters. The molecule has 0 saturated carbocycles. The van der Waals surface area contributed by atoms with Crippen molar-refractivity contribution < 1.29 is 73.3 Å². The summed E-state index contributed by atoms with van der Waals surface area (Å²) in [4.78, 5) is 0. The van der Waals surface area contributed by atoms with Gasteiger partial charge in [-0.15, -0.1) is 34.5 Å². The topological polar surface area (TPSA) is 0 Å². The molecule has 0 aliphatic rings. The van der Waals surface area contributed by atoms with Crippen LogP contribution < -0.4 is 68.9 Å². The summed E-state index contributed by atoms with van der Waals surface area (Å²) in [6, 6.07) is 10.0. The molecule has 16 heavy (non-hydrogen) atoms. The molecule has 0 bridgehead atoms. The fourth-order valence-corrected chi connectivity index (χ4v) is 1.63. The molecule has 0 nitrogen and oxygen atoms in total. The van der Waals surface area contributed by atoms with Crippen molar-refractivity contribution in [1.29, 1.82) is 0 Å². The van der Waals surface area contributed by atoms with Crippen LogP contribution >= 0.6 is 0 Å². The van der Waals surface area contributed by atoms with Gasteiger partial charge in [0.25, 0.3) is 0 Å². The van der Waals surface area contributed by atoms with Gasteiger partial charge < -0.3 is 0 Å². The number of aryl methyl sites for hydroxylation is 2.